The standard InChI is InChI=1S/C15H23N3O/c1-4-12(11-19-3)16-10-15-17-13-8-6-7-9-14(13)18(15)5-2/h6-9,12,16H,4-5,10-11H2,1-3H3. The van der Waals surface area contributed by atoms with Crippen molar-refractivity contribution in [3.63, 3.8) is 0 Å². The van der Waals surface area contributed by atoms with Gasteiger partial charge in [0.15, 0.2) is 0 Å². The highest BCUT2D eigenvalue weighted by Crippen LogP contribution is 2.15. The maximum absolute atomic E-state index is 5.21. The van der Waals surface area contributed by atoms with Crippen molar-refractivity contribution in [2.24, 2.45) is 0 Å². The molecular weight excluding hydrogens is 238 g/mol. The van der Waals surface area contributed by atoms with E-state index in [0.717, 1.165) is 37.5 Å². The lowest BCUT2D eigenvalue weighted by molar-refractivity contribution is 0.163. The molecule has 1 heterocycles. The third-order valence-electron chi connectivity index (χ3n) is 3.46. The van der Waals surface area contributed by atoms with Crippen molar-refractivity contribution in [1.29, 1.82) is 0 Å². The summed E-state index contributed by atoms with van der Waals surface area (Å²) in [6, 6.07) is 8.67. The normalized spacial score (nSPS) is 13.0. The van der Waals surface area contributed by atoms with Gasteiger partial charge < -0.3 is 14.6 Å². The lowest BCUT2D eigenvalue weighted by Gasteiger charge is -2.16. The molecule has 4 nitrogen and oxygen atoms in total. The first-order valence-corrected chi connectivity index (χ1v) is 6.96. The van der Waals surface area contributed by atoms with Crippen LogP contribution < -0.4 is 5.32 Å². The number of rotatable bonds is 7. The Kier molecular flexibility index (Phi) is 4.93. The van der Waals surface area contributed by atoms with Gasteiger partial charge in [0.25, 0.3) is 0 Å². The number of hydrogen-bond acceptors (Lipinski definition) is 3. The van der Waals surface area contributed by atoms with Crippen LogP contribution in [-0.4, -0.2) is 29.3 Å². The first kappa shape index (κ1) is 14.0. The number of hydrogen-bond donors (Lipinski definition) is 1. The minimum atomic E-state index is 0.384. The summed E-state index contributed by atoms with van der Waals surface area (Å²) in [4.78, 5) is 4.71. The molecule has 0 radical (unpaired) electrons. The van der Waals surface area contributed by atoms with Crippen molar-refractivity contribution in [3.8, 4) is 0 Å². The average Bonchev–Trinajstić information content (AvgIpc) is 2.80. The maximum Gasteiger partial charge on any atom is 0.123 e. The highest BCUT2D eigenvalue weighted by atomic mass is 16.5. The first-order valence-electron chi connectivity index (χ1n) is 6.96. The van der Waals surface area contributed by atoms with Gasteiger partial charge in [0.2, 0.25) is 0 Å². The summed E-state index contributed by atoms with van der Waals surface area (Å²) in [5, 5.41) is 3.51. The number of nitrogens with zero attached hydrogens (tertiary/aromatic N) is 2. The number of imidazole rings is 1. The number of aryl methyl sites for hydroxylation is 1. The van der Waals surface area contributed by atoms with Crippen LogP contribution in [0.2, 0.25) is 0 Å². The summed E-state index contributed by atoms with van der Waals surface area (Å²) in [7, 11) is 1.74. The predicted octanol–water partition coefficient (Wildman–Crippen LogP) is 2.57. The molecule has 2 aromatic rings. The fourth-order valence-electron chi connectivity index (χ4n) is 2.37. The number of para-hydroxylation sites is 2. The number of nitrogens with one attached hydrogen (secondary N) is 1. The van der Waals surface area contributed by atoms with E-state index < -0.39 is 0 Å². The van der Waals surface area contributed by atoms with Crippen LogP contribution in [-0.2, 0) is 17.8 Å². The zero-order chi connectivity index (χ0) is 13.7. The second-order valence-electron chi connectivity index (χ2n) is 4.70. The molecule has 0 fully saturated rings. The second-order valence-corrected chi connectivity index (χ2v) is 4.70. The molecule has 0 saturated heterocycles. The number of benzene rings is 1. The SMILES string of the molecule is CCC(COC)NCc1nc2ccccc2n1CC. The van der Waals surface area contributed by atoms with Crippen LogP contribution in [0.3, 0.4) is 0 Å². The molecule has 1 N–H and O–H groups in total. The van der Waals surface area contributed by atoms with E-state index in [0.29, 0.717) is 6.04 Å². The van der Waals surface area contributed by atoms with Gasteiger partial charge in [-0.25, -0.2) is 4.98 Å². The van der Waals surface area contributed by atoms with Crippen molar-refractivity contribution < 1.29 is 4.74 Å². The third-order valence-corrected chi connectivity index (χ3v) is 3.46. The molecule has 0 bridgehead atoms. The fraction of sp³-hybridized carbons (Fsp3) is 0.533. The van der Waals surface area contributed by atoms with Gasteiger partial charge in [-0.2, -0.15) is 0 Å². The second kappa shape index (κ2) is 6.68. The molecule has 4 heteroatoms. The summed E-state index contributed by atoms with van der Waals surface area (Å²) in [5.41, 5.74) is 2.28. The Hall–Kier alpha value is -1.39. The van der Waals surface area contributed by atoms with Crippen molar-refractivity contribution in [2.45, 2.75) is 39.4 Å². The highest BCUT2D eigenvalue weighted by molar-refractivity contribution is 5.75. The van der Waals surface area contributed by atoms with E-state index in [1.165, 1.54) is 5.52 Å². The van der Waals surface area contributed by atoms with Crippen molar-refractivity contribution >= 4 is 11.0 Å². The number of ether oxygens (including phenoxy) is 1. The monoisotopic (exact) mass is 261 g/mol. The summed E-state index contributed by atoms with van der Waals surface area (Å²) in [6.45, 7) is 6.79. The van der Waals surface area contributed by atoms with Crippen LogP contribution in [0.25, 0.3) is 11.0 Å². The molecule has 2 rings (SSSR count). The molecule has 104 valence electrons. The summed E-state index contributed by atoms with van der Waals surface area (Å²) in [5.74, 6) is 1.10. The Labute approximate surface area is 114 Å². The maximum atomic E-state index is 5.21. The average molecular weight is 261 g/mol. The van der Waals surface area contributed by atoms with Crippen LogP contribution >= 0.6 is 0 Å². The summed E-state index contributed by atoms with van der Waals surface area (Å²) >= 11 is 0. The number of methoxy groups -OCH3 is 1. The van der Waals surface area contributed by atoms with E-state index in [9.17, 15) is 0 Å². The van der Waals surface area contributed by atoms with E-state index in [2.05, 4.69) is 41.9 Å². The Morgan fingerprint density at radius 1 is 1.32 bits per heavy atom. The van der Waals surface area contributed by atoms with E-state index >= 15 is 0 Å². The number of aromatic nitrogens is 2. The predicted molar refractivity (Wildman–Crippen MR) is 78.2 cm³/mol. The van der Waals surface area contributed by atoms with E-state index in [4.69, 9.17) is 9.72 Å². The Balaban J connectivity index is 2.15. The zero-order valence-electron chi connectivity index (χ0n) is 12.0. The quantitative estimate of drug-likeness (QED) is 0.832. The van der Waals surface area contributed by atoms with Crippen LogP contribution in [0.4, 0.5) is 0 Å². The Bertz CT molecular complexity index is 521. The van der Waals surface area contributed by atoms with E-state index in [-0.39, 0.29) is 0 Å². The minimum absolute atomic E-state index is 0.384. The molecular formula is C15H23N3O. The van der Waals surface area contributed by atoms with Gasteiger partial charge in [0.05, 0.1) is 24.2 Å². The minimum Gasteiger partial charge on any atom is -0.383 e. The van der Waals surface area contributed by atoms with Gasteiger partial charge in [0.1, 0.15) is 5.82 Å². The van der Waals surface area contributed by atoms with Crippen LogP contribution in [0.5, 0.6) is 0 Å². The molecule has 0 aliphatic heterocycles. The van der Waals surface area contributed by atoms with Gasteiger partial charge in [-0.1, -0.05) is 19.1 Å². The van der Waals surface area contributed by atoms with Crippen molar-refractivity contribution in [3.05, 3.63) is 30.1 Å². The topological polar surface area (TPSA) is 39.1 Å². The van der Waals surface area contributed by atoms with Gasteiger partial charge >= 0.3 is 0 Å². The molecule has 1 atom stereocenters. The largest absolute Gasteiger partial charge is 0.383 e. The molecule has 1 aromatic heterocycles. The third kappa shape index (κ3) is 3.14. The molecule has 0 aliphatic rings. The van der Waals surface area contributed by atoms with Gasteiger partial charge in [-0.05, 0) is 25.5 Å². The number of fused-ring (bicyclic) bond motifs is 1. The molecule has 1 aromatic carbocycles. The van der Waals surface area contributed by atoms with Crippen LogP contribution in [0.15, 0.2) is 24.3 Å². The van der Waals surface area contributed by atoms with Crippen molar-refractivity contribution in [2.75, 3.05) is 13.7 Å². The summed E-state index contributed by atoms with van der Waals surface area (Å²) < 4.78 is 7.47. The molecule has 1 unspecified atom stereocenters. The van der Waals surface area contributed by atoms with Crippen molar-refractivity contribution in [1.82, 2.24) is 14.9 Å². The smallest absolute Gasteiger partial charge is 0.123 e. The lowest BCUT2D eigenvalue weighted by Crippen LogP contribution is -2.32. The molecule has 0 amide bonds. The van der Waals surface area contributed by atoms with Gasteiger partial charge in [0, 0.05) is 19.7 Å². The molecule has 0 saturated carbocycles. The fourth-order valence-corrected chi connectivity index (χ4v) is 2.37. The highest BCUT2D eigenvalue weighted by Gasteiger charge is 2.11. The summed E-state index contributed by atoms with van der Waals surface area (Å²) in [6.07, 6.45) is 1.06. The lowest BCUT2D eigenvalue weighted by atomic mass is 10.2. The van der Waals surface area contributed by atoms with Gasteiger partial charge in [-0.3, -0.25) is 0 Å². The Morgan fingerprint density at radius 3 is 2.79 bits per heavy atom. The van der Waals surface area contributed by atoms with Crippen LogP contribution in [0.1, 0.15) is 26.1 Å². The zero-order valence-corrected chi connectivity index (χ0v) is 12.0. The van der Waals surface area contributed by atoms with E-state index in [1.807, 2.05) is 6.07 Å². The van der Waals surface area contributed by atoms with Gasteiger partial charge in [-0.15, -0.1) is 0 Å². The Morgan fingerprint density at radius 2 is 2.11 bits per heavy atom. The molecule has 0 aliphatic carbocycles. The molecule has 19 heavy (non-hydrogen) atoms. The molecule has 0 spiro atoms. The first-order chi connectivity index (χ1) is 9.30. The van der Waals surface area contributed by atoms with Crippen LogP contribution in [0, 0.1) is 0 Å². The van der Waals surface area contributed by atoms with E-state index in [1.54, 1.807) is 7.11 Å².